The van der Waals surface area contributed by atoms with Crippen LogP contribution in [0.1, 0.15) is 19.8 Å². The fraction of sp³-hybridized carbons (Fsp3) is 0.455. The van der Waals surface area contributed by atoms with Crippen molar-refractivity contribution < 1.29 is 9.53 Å². The number of unbranched alkanes of at least 4 members (excludes halogenated alkanes) is 1. The van der Waals surface area contributed by atoms with E-state index < -0.39 is 11.8 Å². The zero-order valence-corrected chi connectivity index (χ0v) is 8.85. The molecule has 0 aliphatic carbocycles. The molecule has 2 N–H and O–H groups in total. The van der Waals surface area contributed by atoms with Gasteiger partial charge in [-0.2, -0.15) is 0 Å². The van der Waals surface area contributed by atoms with Crippen molar-refractivity contribution in [2.24, 2.45) is 16.6 Å². The summed E-state index contributed by atoms with van der Waals surface area (Å²) in [6, 6.07) is 0. The van der Waals surface area contributed by atoms with Crippen LogP contribution in [-0.4, -0.2) is 18.4 Å². The molecule has 0 saturated heterocycles. The number of ether oxygens (including phenoxy) is 1. The first-order chi connectivity index (χ1) is 7.25. The van der Waals surface area contributed by atoms with Gasteiger partial charge in [0.25, 0.3) is 0 Å². The van der Waals surface area contributed by atoms with E-state index in [4.69, 9.17) is 10.5 Å². The number of carbonyl (C=O) groups is 1. The molecule has 0 spiro atoms. The summed E-state index contributed by atoms with van der Waals surface area (Å²) in [4.78, 5) is 15.2. The van der Waals surface area contributed by atoms with Gasteiger partial charge < -0.3 is 10.5 Å². The molecule has 1 unspecified atom stereocenters. The average molecular weight is 208 g/mol. The van der Waals surface area contributed by atoms with Gasteiger partial charge in [0.2, 0.25) is 11.8 Å². The standard InChI is InChI=1S/C11H16N2O2/c1-2-3-8-15-11-9(10(12)14)6-4-5-7-13-11/h4-7,9H,2-3,8H2,1H3,(H2,12,14). The largest absolute Gasteiger partial charge is 0.480 e. The monoisotopic (exact) mass is 208 g/mol. The summed E-state index contributed by atoms with van der Waals surface area (Å²) in [5.41, 5.74) is 5.25. The molecular weight excluding hydrogens is 192 g/mol. The summed E-state index contributed by atoms with van der Waals surface area (Å²) in [6.45, 7) is 2.64. The van der Waals surface area contributed by atoms with Crippen molar-refractivity contribution in [1.29, 1.82) is 0 Å². The molecule has 4 heteroatoms. The van der Waals surface area contributed by atoms with Gasteiger partial charge in [-0.3, -0.25) is 4.79 Å². The molecule has 0 fully saturated rings. The lowest BCUT2D eigenvalue weighted by Crippen LogP contribution is -2.30. The molecule has 0 saturated carbocycles. The van der Waals surface area contributed by atoms with E-state index >= 15 is 0 Å². The van der Waals surface area contributed by atoms with Crippen molar-refractivity contribution in [2.75, 3.05) is 6.61 Å². The zero-order chi connectivity index (χ0) is 11.1. The van der Waals surface area contributed by atoms with E-state index in [0.717, 1.165) is 12.8 Å². The van der Waals surface area contributed by atoms with Gasteiger partial charge in [0, 0.05) is 6.20 Å². The summed E-state index contributed by atoms with van der Waals surface area (Å²) in [7, 11) is 0. The molecule has 4 nitrogen and oxygen atoms in total. The van der Waals surface area contributed by atoms with Crippen molar-refractivity contribution >= 4 is 11.8 Å². The van der Waals surface area contributed by atoms with Crippen LogP contribution in [0.15, 0.2) is 29.4 Å². The Balaban J connectivity index is 2.64. The maximum atomic E-state index is 11.1. The second-order valence-corrected chi connectivity index (χ2v) is 3.28. The van der Waals surface area contributed by atoms with Gasteiger partial charge in [0.15, 0.2) is 0 Å². The summed E-state index contributed by atoms with van der Waals surface area (Å²) in [6.07, 6.45) is 8.76. The number of aliphatic imine (C=N–C) groups is 1. The number of amides is 1. The average Bonchev–Trinajstić information content (AvgIpc) is 2.43. The van der Waals surface area contributed by atoms with Gasteiger partial charge >= 0.3 is 0 Å². The van der Waals surface area contributed by atoms with E-state index in [2.05, 4.69) is 11.9 Å². The number of hydrogen-bond acceptors (Lipinski definition) is 3. The van der Waals surface area contributed by atoms with Crippen LogP contribution in [0, 0.1) is 5.92 Å². The van der Waals surface area contributed by atoms with E-state index in [0.29, 0.717) is 12.5 Å². The highest BCUT2D eigenvalue weighted by atomic mass is 16.5. The van der Waals surface area contributed by atoms with Gasteiger partial charge in [-0.05, 0) is 12.5 Å². The van der Waals surface area contributed by atoms with Gasteiger partial charge in [-0.1, -0.05) is 25.5 Å². The lowest BCUT2D eigenvalue weighted by Gasteiger charge is -2.12. The summed E-state index contributed by atoms with van der Waals surface area (Å²) >= 11 is 0. The Morgan fingerprint density at radius 2 is 2.40 bits per heavy atom. The van der Waals surface area contributed by atoms with Crippen LogP contribution in [0.3, 0.4) is 0 Å². The van der Waals surface area contributed by atoms with Gasteiger partial charge in [-0.25, -0.2) is 4.99 Å². The molecule has 0 aromatic heterocycles. The van der Waals surface area contributed by atoms with E-state index in [1.54, 1.807) is 24.4 Å². The van der Waals surface area contributed by atoms with E-state index in [-0.39, 0.29) is 0 Å². The molecule has 1 rings (SSSR count). The van der Waals surface area contributed by atoms with Crippen LogP contribution >= 0.6 is 0 Å². The minimum atomic E-state index is -0.545. The second-order valence-electron chi connectivity index (χ2n) is 3.28. The van der Waals surface area contributed by atoms with Gasteiger partial charge in [-0.15, -0.1) is 0 Å². The topological polar surface area (TPSA) is 64.7 Å². The maximum absolute atomic E-state index is 11.1. The van der Waals surface area contributed by atoms with Crippen molar-refractivity contribution in [3.8, 4) is 0 Å². The summed E-state index contributed by atoms with van der Waals surface area (Å²) in [5, 5.41) is 0. The Bertz CT molecular complexity index is 306. The Labute approximate surface area is 89.5 Å². The molecule has 1 aliphatic rings. The van der Waals surface area contributed by atoms with Crippen LogP contribution < -0.4 is 5.73 Å². The molecule has 82 valence electrons. The van der Waals surface area contributed by atoms with Crippen LogP contribution in [0.4, 0.5) is 0 Å². The lowest BCUT2D eigenvalue weighted by molar-refractivity contribution is -0.119. The van der Waals surface area contributed by atoms with E-state index in [1.165, 1.54) is 0 Å². The van der Waals surface area contributed by atoms with Crippen molar-refractivity contribution in [2.45, 2.75) is 19.8 Å². The Morgan fingerprint density at radius 3 is 3.07 bits per heavy atom. The quantitative estimate of drug-likeness (QED) is 0.709. The molecule has 0 bridgehead atoms. The minimum absolute atomic E-state index is 0.390. The predicted molar refractivity (Wildman–Crippen MR) is 59.3 cm³/mol. The first-order valence-electron chi connectivity index (χ1n) is 5.09. The zero-order valence-electron chi connectivity index (χ0n) is 8.85. The normalized spacial score (nSPS) is 19.5. The summed E-state index contributed by atoms with van der Waals surface area (Å²) < 4.78 is 5.42. The van der Waals surface area contributed by atoms with Crippen LogP contribution in [0.2, 0.25) is 0 Å². The maximum Gasteiger partial charge on any atom is 0.233 e. The third-order valence-corrected chi connectivity index (χ3v) is 2.02. The van der Waals surface area contributed by atoms with Crippen molar-refractivity contribution in [3.63, 3.8) is 0 Å². The molecular formula is C11H16N2O2. The minimum Gasteiger partial charge on any atom is -0.480 e. The third-order valence-electron chi connectivity index (χ3n) is 2.02. The first kappa shape index (κ1) is 11.5. The SMILES string of the molecule is CCCCOC1=NC=CC=CC1C(N)=O. The Kier molecular flexibility index (Phi) is 4.60. The number of nitrogens with two attached hydrogens (primary N) is 1. The number of allylic oxidation sites excluding steroid dienone is 2. The van der Waals surface area contributed by atoms with Crippen LogP contribution in [0.5, 0.6) is 0 Å². The highest BCUT2D eigenvalue weighted by Gasteiger charge is 2.20. The number of hydrogen-bond donors (Lipinski definition) is 1. The van der Waals surface area contributed by atoms with Crippen LogP contribution in [-0.2, 0) is 9.53 Å². The van der Waals surface area contributed by atoms with E-state index in [9.17, 15) is 4.79 Å². The highest BCUT2D eigenvalue weighted by molar-refractivity contribution is 6.02. The molecule has 1 heterocycles. The molecule has 0 radical (unpaired) electrons. The predicted octanol–water partition coefficient (Wildman–Crippen LogP) is 1.39. The molecule has 1 aliphatic heterocycles. The Hall–Kier alpha value is -1.58. The van der Waals surface area contributed by atoms with Gasteiger partial charge in [0.05, 0.1) is 6.61 Å². The molecule has 0 aromatic rings. The van der Waals surface area contributed by atoms with E-state index in [1.807, 2.05) is 0 Å². The van der Waals surface area contributed by atoms with Crippen LogP contribution in [0.25, 0.3) is 0 Å². The second kappa shape index (κ2) is 6.01. The third kappa shape index (κ3) is 3.58. The fourth-order valence-corrected chi connectivity index (χ4v) is 1.17. The molecule has 15 heavy (non-hydrogen) atoms. The Morgan fingerprint density at radius 1 is 1.60 bits per heavy atom. The number of primary amides is 1. The molecule has 1 amide bonds. The number of nitrogens with zero attached hydrogens (tertiary/aromatic N) is 1. The number of rotatable bonds is 4. The molecule has 1 atom stereocenters. The summed E-state index contributed by atoms with van der Waals surface area (Å²) in [5.74, 6) is -0.594. The highest BCUT2D eigenvalue weighted by Crippen LogP contribution is 2.08. The first-order valence-corrected chi connectivity index (χ1v) is 5.09. The van der Waals surface area contributed by atoms with Crippen molar-refractivity contribution in [3.05, 3.63) is 24.4 Å². The number of carbonyl (C=O) groups excluding carboxylic acids is 1. The molecule has 0 aromatic carbocycles. The fourth-order valence-electron chi connectivity index (χ4n) is 1.17. The van der Waals surface area contributed by atoms with Crippen molar-refractivity contribution in [1.82, 2.24) is 0 Å². The smallest absolute Gasteiger partial charge is 0.233 e. The lowest BCUT2D eigenvalue weighted by atomic mass is 10.1. The van der Waals surface area contributed by atoms with Gasteiger partial charge in [0.1, 0.15) is 5.92 Å².